The van der Waals surface area contributed by atoms with E-state index in [1.54, 1.807) is 13.2 Å². The van der Waals surface area contributed by atoms with Gasteiger partial charge in [0.15, 0.2) is 0 Å². The maximum absolute atomic E-state index is 12.8. The first kappa shape index (κ1) is 18.2. The summed E-state index contributed by atoms with van der Waals surface area (Å²) in [4.78, 5) is 24.0. The van der Waals surface area contributed by atoms with Gasteiger partial charge in [-0.25, -0.2) is 9.97 Å². The third-order valence-electron chi connectivity index (χ3n) is 4.74. The summed E-state index contributed by atoms with van der Waals surface area (Å²) in [5.41, 5.74) is 2.84. The predicted molar refractivity (Wildman–Crippen MR) is 103 cm³/mol. The number of amides is 1. The molecule has 1 aromatic carbocycles. The molecule has 0 radical (unpaired) electrons. The lowest BCUT2D eigenvalue weighted by Crippen LogP contribution is -2.34. The molecule has 3 rings (SSSR count). The van der Waals surface area contributed by atoms with E-state index in [1.165, 1.54) is 0 Å². The van der Waals surface area contributed by atoms with Crippen LogP contribution in [-0.2, 0) is 0 Å². The Bertz CT molecular complexity index is 798. The van der Waals surface area contributed by atoms with Gasteiger partial charge in [0.1, 0.15) is 11.4 Å². The smallest absolute Gasteiger partial charge is 0.274 e. The van der Waals surface area contributed by atoms with Crippen LogP contribution in [0.15, 0.2) is 24.3 Å². The molecule has 1 aliphatic heterocycles. The number of benzene rings is 1. The van der Waals surface area contributed by atoms with Crippen LogP contribution in [0, 0.1) is 19.8 Å². The molecule has 0 bridgehead atoms. The van der Waals surface area contributed by atoms with Gasteiger partial charge >= 0.3 is 0 Å². The lowest BCUT2D eigenvalue weighted by atomic mass is 10.00. The molecule has 0 unspecified atom stereocenters. The number of methoxy groups -OCH3 is 1. The standard InChI is InChI=1S/C20H26N4O2/c1-13-7-9-24(10-8-13)20-21-15(3)12-17(23-20)19(25)22-16-11-14(2)5-6-18(16)26-4/h5-6,11-13H,7-10H2,1-4H3,(H,22,25). The van der Waals surface area contributed by atoms with Crippen molar-refractivity contribution in [2.75, 3.05) is 30.4 Å². The second-order valence-corrected chi connectivity index (χ2v) is 7.02. The van der Waals surface area contributed by atoms with E-state index in [0.29, 0.717) is 23.1 Å². The number of carbonyl (C=O) groups excluding carboxylic acids is 1. The second kappa shape index (κ2) is 7.72. The zero-order chi connectivity index (χ0) is 18.7. The summed E-state index contributed by atoms with van der Waals surface area (Å²) < 4.78 is 5.33. The lowest BCUT2D eigenvalue weighted by Gasteiger charge is -2.30. The minimum absolute atomic E-state index is 0.258. The quantitative estimate of drug-likeness (QED) is 0.909. The number of rotatable bonds is 4. The highest BCUT2D eigenvalue weighted by Crippen LogP contribution is 2.26. The Labute approximate surface area is 154 Å². The number of piperidine rings is 1. The van der Waals surface area contributed by atoms with Gasteiger partial charge in [0.2, 0.25) is 5.95 Å². The third kappa shape index (κ3) is 4.12. The summed E-state index contributed by atoms with van der Waals surface area (Å²) in [7, 11) is 1.59. The molecular formula is C20H26N4O2. The van der Waals surface area contributed by atoms with Gasteiger partial charge in [-0.2, -0.15) is 0 Å². The molecule has 0 spiro atoms. The molecule has 0 saturated carbocycles. The van der Waals surface area contributed by atoms with Crippen LogP contribution in [0.4, 0.5) is 11.6 Å². The molecule has 2 heterocycles. The van der Waals surface area contributed by atoms with E-state index in [9.17, 15) is 4.79 Å². The van der Waals surface area contributed by atoms with E-state index in [0.717, 1.165) is 43.1 Å². The zero-order valence-corrected chi connectivity index (χ0v) is 15.9. The van der Waals surface area contributed by atoms with E-state index in [-0.39, 0.29) is 5.91 Å². The molecule has 138 valence electrons. The van der Waals surface area contributed by atoms with Crippen LogP contribution in [-0.4, -0.2) is 36.1 Å². The van der Waals surface area contributed by atoms with Crippen LogP contribution in [0.2, 0.25) is 0 Å². The van der Waals surface area contributed by atoms with E-state index >= 15 is 0 Å². The van der Waals surface area contributed by atoms with E-state index < -0.39 is 0 Å². The molecule has 1 aliphatic rings. The Hall–Kier alpha value is -2.63. The van der Waals surface area contributed by atoms with Gasteiger partial charge in [0.05, 0.1) is 12.8 Å². The number of nitrogens with one attached hydrogen (secondary N) is 1. The first-order valence-electron chi connectivity index (χ1n) is 9.03. The van der Waals surface area contributed by atoms with Gasteiger partial charge in [-0.3, -0.25) is 4.79 Å². The molecule has 1 saturated heterocycles. The first-order chi connectivity index (χ1) is 12.5. The molecule has 1 aromatic heterocycles. The van der Waals surface area contributed by atoms with Crippen molar-refractivity contribution in [2.45, 2.75) is 33.6 Å². The molecule has 1 N–H and O–H groups in total. The van der Waals surface area contributed by atoms with E-state index in [1.807, 2.05) is 32.0 Å². The number of hydrogen-bond acceptors (Lipinski definition) is 5. The Morgan fingerprint density at radius 1 is 1.19 bits per heavy atom. The number of ether oxygens (including phenoxy) is 1. The number of nitrogens with zero attached hydrogens (tertiary/aromatic N) is 3. The van der Waals surface area contributed by atoms with Crippen LogP contribution in [0.25, 0.3) is 0 Å². The van der Waals surface area contributed by atoms with Crippen molar-refractivity contribution in [1.29, 1.82) is 0 Å². The molecule has 0 aliphatic carbocycles. The van der Waals surface area contributed by atoms with Crippen molar-refractivity contribution in [3.8, 4) is 5.75 Å². The van der Waals surface area contributed by atoms with Crippen LogP contribution in [0.3, 0.4) is 0 Å². The number of carbonyl (C=O) groups is 1. The lowest BCUT2D eigenvalue weighted by molar-refractivity contribution is 0.102. The van der Waals surface area contributed by atoms with Crippen molar-refractivity contribution in [3.63, 3.8) is 0 Å². The topological polar surface area (TPSA) is 67.3 Å². The number of anilines is 2. The van der Waals surface area contributed by atoms with Crippen molar-refractivity contribution >= 4 is 17.5 Å². The first-order valence-corrected chi connectivity index (χ1v) is 9.03. The average Bonchev–Trinajstić information content (AvgIpc) is 2.62. The normalized spacial score (nSPS) is 15.0. The van der Waals surface area contributed by atoms with Gasteiger partial charge in [0.25, 0.3) is 5.91 Å². The summed E-state index contributed by atoms with van der Waals surface area (Å²) in [6.45, 7) is 7.98. The van der Waals surface area contributed by atoms with E-state index in [4.69, 9.17) is 4.74 Å². The maximum atomic E-state index is 12.8. The maximum Gasteiger partial charge on any atom is 0.274 e. The van der Waals surface area contributed by atoms with Crippen LogP contribution in [0.5, 0.6) is 5.75 Å². The third-order valence-corrected chi connectivity index (χ3v) is 4.74. The van der Waals surface area contributed by atoms with Gasteiger partial charge < -0.3 is 15.0 Å². The van der Waals surface area contributed by atoms with E-state index in [2.05, 4.69) is 27.1 Å². The monoisotopic (exact) mass is 354 g/mol. The minimum Gasteiger partial charge on any atom is -0.495 e. The fourth-order valence-electron chi connectivity index (χ4n) is 3.13. The molecule has 26 heavy (non-hydrogen) atoms. The van der Waals surface area contributed by atoms with Crippen LogP contribution >= 0.6 is 0 Å². The second-order valence-electron chi connectivity index (χ2n) is 7.02. The Morgan fingerprint density at radius 3 is 2.62 bits per heavy atom. The largest absolute Gasteiger partial charge is 0.495 e. The fourth-order valence-corrected chi connectivity index (χ4v) is 3.13. The summed E-state index contributed by atoms with van der Waals surface area (Å²) in [6.07, 6.45) is 2.25. The van der Waals surface area contributed by atoms with Crippen LogP contribution in [0.1, 0.15) is 41.5 Å². The molecule has 6 nitrogen and oxygen atoms in total. The van der Waals surface area contributed by atoms with Gasteiger partial charge in [-0.1, -0.05) is 13.0 Å². The molecule has 1 amide bonds. The average molecular weight is 354 g/mol. The minimum atomic E-state index is -0.258. The number of aromatic nitrogens is 2. The van der Waals surface area contributed by atoms with Gasteiger partial charge in [0, 0.05) is 18.8 Å². The predicted octanol–water partition coefficient (Wildman–Crippen LogP) is 3.59. The summed E-state index contributed by atoms with van der Waals surface area (Å²) in [6, 6.07) is 7.39. The number of hydrogen-bond donors (Lipinski definition) is 1. The molecule has 1 fully saturated rings. The van der Waals surface area contributed by atoms with Crippen LogP contribution < -0.4 is 15.0 Å². The molecule has 6 heteroatoms. The summed E-state index contributed by atoms with van der Waals surface area (Å²) in [5.74, 6) is 1.73. The molecule has 0 atom stereocenters. The SMILES string of the molecule is COc1ccc(C)cc1NC(=O)c1cc(C)nc(N2CCC(C)CC2)n1. The molecular weight excluding hydrogens is 328 g/mol. The van der Waals surface area contributed by atoms with Gasteiger partial charge in [-0.15, -0.1) is 0 Å². The highest BCUT2D eigenvalue weighted by atomic mass is 16.5. The van der Waals surface area contributed by atoms with Crippen molar-refractivity contribution in [3.05, 3.63) is 41.2 Å². The number of aryl methyl sites for hydroxylation is 2. The van der Waals surface area contributed by atoms with Crippen molar-refractivity contribution in [2.24, 2.45) is 5.92 Å². The van der Waals surface area contributed by atoms with Crippen molar-refractivity contribution < 1.29 is 9.53 Å². The Balaban J connectivity index is 1.82. The van der Waals surface area contributed by atoms with Crippen molar-refractivity contribution in [1.82, 2.24) is 9.97 Å². The Morgan fingerprint density at radius 2 is 1.92 bits per heavy atom. The highest BCUT2D eigenvalue weighted by molar-refractivity contribution is 6.04. The van der Waals surface area contributed by atoms with Gasteiger partial charge in [-0.05, 0) is 56.4 Å². The zero-order valence-electron chi connectivity index (χ0n) is 15.9. The fraction of sp³-hybridized carbons (Fsp3) is 0.450. The highest BCUT2D eigenvalue weighted by Gasteiger charge is 2.20. The summed E-state index contributed by atoms with van der Waals surface area (Å²) >= 11 is 0. The molecule has 2 aromatic rings. The Kier molecular flexibility index (Phi) is 5.40. The summed E-state index contributed by atoms with van der Waals surface area (Å²) in [5, 5.41) is 2.91.